The van der Waals surface area contributed by atoms with Gasteiger partial charge in [-0.1, -0.05) is 23.9 Å². The van der Waals surface area contributed by atoms with E-state index in [2.05, 4.69) is 25.4 Å². The normalized spacial score (nSPS) is 27.5. The van der Waals surface area contributed by atoms with E-state index in [-0.39, 0.29) is 17.4 Å². The fourth-order valence-electron chi connectivity index (χ4n) is 2.82. The quantitative estimate of drug-likeness (QED) is 0.579. The lowest BCUT2D eigenvalue weighted by Gasteiger charge is -2.34. The van der Waals surface area contributed by atoms with Crippen LogP contribution in [0.5, 0.6) is 0 Å². The lowest BCUT2D eigenvalue weighted by molar-refractivity contribution is -0.128. The summed E-state index contributed by atoms with van der Waals surface area (Å²) in [5.74, 6) is -0.234. The molecule has 0 bridgehead atoms. The number of amides is 1. The summed E-state index contributed by atoms with van der Waals surface area (Å²) in [6.07, 6.45) is 0.762. The Morgan fingerprint density at radius 2 is 2.33 bits per heavy atom. The number of aliphatic imine (C=N–C) groups is 1. The summed E-state index contributed by atoms with van der Waals surface area (Å²) in [6.45, 7) is 10.9. The predicted molar refractivity (Wildman–Crippen MR) is 89.3 cm³/mol. The third-order valence-electron chi connectivity index (χ3n) is 3.77. The summed E-state index contributed by atoms with van der Waals surface area (Å²) in [4.78, 5) is 20.0. The Morgan fingerprint density at radius 3 is 3.00 bits per heavy atom. The second-order valence-corrected chi connectivity index (χ2v) is 7.80. The van der Waals surface area contributed by atoms with Gasteiger partial charge in [0.25, 0.3) is 0 Å². The molecule has 0 aromatic heterocycles. The number of thioether (sulfide) groups is 1. The van der Waals surface area contributed by atoms with E-state index < -0.39 is 0 Å². The number of hydrogen-bond donors (Lipinski definition) is 0. The maximum atomic E-state index is 12.8. The number of carbonyl (C=O) groups is 1. The van der Waals surface area contributed by atoms with Crippen LogP contribution in [0.15, 0.2) is 27.6 Å². The standard InChI is InChI=1S/C15H18N2O2S2/c1-8(2)6-17-13(18)11-9-5-15(3,4)19-7-10(9)21-12(11)16-14(17)20/h11H,1,5-7H2,2-4H3. The average molecular weight is 322 g/mol. The van der Waals surface area contributed by atoms with Crippen molar-refractivity contribution in [1.82, 2.24) is 4.90 Å². The van der Waals surface area contributed by atoms with Crippen LogP contribution in [0.3, 0.4) is 0 Å². The van der Waals surface area contributed by atoms with E-state index in [4.69, 9.17) is 17.0 Å². The number of hydrogen-bond acceptors (Lipinski definition) is 4. The van der Waals surface area contributed by atoms with Gasteiger partial charge in [0, 0.05) is 11.4 Å². The largest absolute Gasteiger partial charge is 0.370 e. The topological polar surface area (TPSA) is 41.9 Å². The number of ether oxygens (including phenoxy) is 1. The van der Waals surface area contributed by atoms with E-state index in [1.165, 1.54) is 0 Å². The first-order valence-electron chi connectivity index (χ1n) is 6.90. The molecule has 0 saturated carbocycles. The second kappa shape index (κ2) is 5.04. The van der Waals surface area contributed by atoms with Crippen LogP contribution in [0.1, 0.15) is 27.2 Å². The third-order valence-corrected chi connectivity index (χ3v) is 5.24. The van der Waals surface area contributed by atoms with Crippen molar-refractivity contribution in [3.05, 3.63) is 22.6 Å². The molecule has 3 heterocycles. The summed E-state index contributed by atoms with van der Waals surface area (Å²) in [5.41, 5.74) is 1.83. The molecule has 3 rings (SSSR count). The van der Waals surface area contributed by atoms with Crippen LogP contribution in [0.25, 0.3) is 0 Å². The molecule has 0 radical (unpaired) electrons. The van der Waals surface area contributed by atoms with E-state index in [1.54, 1.807) is 16.7 Å². The summed E-state index contributed by atoms with van der Waals surface area (Å²) < 4.78 is 5.83. The molecule has 0 spiro atoms. The van der Waals surface area contributed by atoms with Crippen molar-refractivity contribution in [1.29, 1.82) is 0 Å². The molecule has 3 aliphatic rings. The number of fused-ring (bicyclic) bond motifs is 2. The number of carbonyl (C=O) groups excluding carboxylic acids is 1. The average Bonchev–Trinajstić information content (AvgIpc) is 2.70. The lowest BCUT2D eigenvalue weighted by Crippen LogP contribution is -2.46. The molecule has 0 fully saturated rings. The van der Waals surface area contributed by atoms with Crippen LogP contribution in [0.2, 0.25) is 0 Å². The van der Waals surface area contributed by atoms with Crippen LogP contribution in [0.4, 0.5) is 0 Å². The second-order valence-electron chi connectivity index (χ2n) is 6.32. The fraction of sp³-hybridized carbons (Fsp3) is 0.533. The van der Waals surface area contributed by atoms with Crippen molar-refractivity contribution in [3.63, 3.8) is 0 Å². The van der Waals surface area contributed by atoms with Gasteiger partial charge in [0.05, 0.1) is 17.3 Å². The molecular weight excluding hydrogens is 304 g/mol. The Labute approximate surface area is 134 Å². The minimum Gasteiger partial charge on any atom is -0.370 e. The summed E-state index contributed by atoms with van der Waals surface area (Å²) in [6, 6.07) is 0. The monoisotopic (exact) mass is 322 g/mol. The van der Waals surface area contributed by atoms with Crippen LogP contribution in [-0.2, 0) is 9.53 Å². The van der Waals surface area contributed by atoms with E-state index in [0.717, 1.165) is 27.5 Å². The van der Waals surface area contributed by atoms with Crippen molar-refractivity contribution in [2.75, 3.05) is 13.2 Å². The molecule has 0 saturated heterocycles. The van der Waals surface area contributed by atoms with Crippen LogP contribution in [-0.4, -0.2) is 39.7 Å². The molecule has 1 amide bonds. The van der Waals surface area contributed by atoms with Crippen molar-refractivity contribution in [2.45, 2.75) is 32.8 Å². The van der Waals surface area contributed by atoms with E-state index in [0.29, 0.717) is 18.3 Å². The molecule has 3 aliphatic heterocycles. The third kappa shape index (κ3) is 2.60. The zero-order valence-electron chi connectivity index (χ0n) is 12.4. The maximum Gasteiger partial charge on any atom is 0.242 e. The van der Waals surface area contributed by atoms with Gasteiger partial charge in [0.15, 0.2) is 0 Å². The molecular formula is C15H18N2O2S2. The van der Waals surface area contributed by atoms with Gasteiger partial charge < -0.3 is 4.74 Å². The van der Waals surface area contributed by atoms with Gasteiger partial charge >= 0.3 is 0 Å². The molecule has 1 atom stereocenters. The summed E-state index contributed by atoms with van der Waals surface area (Å²) in [7, 11) is 0. The van der Waals surface area contributed by atoms with Gasteiger partial charge in [0.2, 0.25) is 11.0 Å². The fourth-order valence-corrected chi connectivity index (χ4v) is 4.31. The Kier molecular flexibility index (Phi) is 3.58. The van der Waals surface area contributed by atoms with Crippen LogP contribution in [0, 0.1) is 5.92 Å². The molecule has 0 aliphatic carbocycles. The molecule has 0 aromatic rings. The Bertz CT molecular complexity index is 619. The molecule has 1 unspecified atom stereocenters. The molecule has 0 N–H and O–H groups in total. The predicted octanol–water partition coefficient (Wildman–Crippen LogP) is 2.90. The van der Waals surface area contributed by atoms with Crippen molar-refractivity contribution < 1.29 is 9.53 Å². The lowest BCUT2D eigenvalue weighted by atomic mass is 9.86. The highest BCUT2D eigenvalue weighted by molar-refractivity contribution is 8.17. The van der Waals surface area contributed by atoms with Crippen LogP contribution < -0.4 is 0 Å². The highest BCUT2D eigenvalue weighted by Crippen LogP contribution is 2.47. The first kappa shape index (κ1) is 14.9. The van der Waals surface area contributed by atoms with Gasteiger partial charge in [-0.25, -0.2) is 4.99 Å². The van der Waals surface area contributed by atoms with E-state index >= 15 is 0 Å². The van der Waals surface area contributed by atoms with Crippen molar-refractivity contribution in [3.8, 4) is 0 Å². The van der Waals surface area contributed by atoms with Gasteiger partial charge in [-0.2, -0.15) is 0 Å². The Morgan fingerprint density at radius 1 is 1.62 bits per heavy atom. The molecule has 21 heavy (non-hydrogen) atoms. The number of thiocarbonyl (C=S) groups is 1. The van der Waals surface area contributed by atoms with E-state index in [1.807, 2.05) is 6.92 Å². The smallest absolute Gasteiger partial charge is 0.242 e. The molecule has 0 aromatic carbocycles. The highest BCUT2D eigenvalue weighted by atomic mass is 32.2. The van der Waals surface area contributed by atoms with Crippen molar-refractivity contribution >= 4 is 40.0 Å². The zero-order chi connectivity index (χ0) is 15.4. The SMILES string of the molecule is C=C(C)CN1C(=O)C2C(=NC1=S)SC1=C2CC(C)(C)OC1. The highest BCUT2D eigenvalue weighted by Gasteiger charge is 2.47. The zero-order valence-corrected chi connectivity index (χ0v) is 14.1. The van der Waals surface area contributed by atoms with Crippen molar-refractivity contribution in [2.24, 2.45) is 10.9 Å². The number of nitrogens with zero attached hydrogens (tertiary/aromatic N) is 2. The van der Waals surface area contributed by atoms with Gasteiger partial charge in [-0.15, -0.1) is 0 Å². The Hall–Kier alpha value is -0.980. The maximum absolute atomic E-state index is 12.8. The minimum atomic E-state index is -0.265. The van der Waals surface area contributed by atoms with Gasteiger partial charge in [-0.3, -0.25) is 9.69 Å². The minimum absolute atomic E-state index is 0.0307. The van der Waals surface area contributed by atoms with Gasteiger partial charge in [0.1, 0.15) is 5.92 Å². The molecule has 4 nitrogen and oxygen atoms in total. The van der Waals surface area contributed by atoms with Gasteiger partial charge in [-0.05, 0) is 45.0 Å². The first-order chi connectivity index (χ1) is 9.78. The number of rotatable bonds is 2. The van der Waals surface area contributed by atoms with E-state index in [9.17, 15) is 4.79 Å². The Balaban J connectivity index is 1.96. The first-order valence-corrected chi connectivity index (χ1v) is 8.13. The summed E-state index contributed by atoms with van der Waals surface area (Å²) >= 11 is 6.83. The molecule has 112 valence electrons. The molecule has 6 heteroatoms. The summed E-state index contributed by atoms with van der Waals surface area (Å²) in [5, 5.41) is 1.16. The van der Waals surface area contributed by atoms with Crippen LogP contribution >= 0.6 is 24.0 Å².